The Morgan fingerprint density at radius 1 is 1.18 bits per heavy atom. The van der Waals surface area contributed by atoms with Crippen molar-refractivity contribution in [1.29, 1.82) is 0 Å². The van der Waals surface area contributed by atoms with E-state index in [4.69, 9.17) is 5.73 Å². The number of hydrogen-bond acceptors (Lipinski definition) is 7. The number of nitrogens with zero attached hydrogens (tertiary/aromatic N) is 6. The number of benzene rings is 1. The van der Waals surface area contributed by atoms with Gasteiger partial charge in [-0.1, -0.05) is 11.8 Å². The van der Waals surface area contributed by atoms with Crippen LogP contribution in [0.15, 0.2) is 47.8 Å². The summed E-state index contributed by atoms with van der Waals surface area (Å²) in [6, 6.07) is 10.8. The second kappa shape index (κ2) is 9.71. The van der Waals surface area contributed by atoms with Gasteiger partial charge in [0.15, 0.2) is 11.0 Å². The first kappa shape index (κ1) is 22.8. The first-order valence-electron chi connectivity index (χ1n) is 11.5. The zero-order valence-corrected chi connectivity index (χ0v) is 19.9. The first-order valence-corrected chi connectivity index (χ1v) is 12.5. The summed E-state index contributed by atoms with van der Waals surface area (Å²) in [5.74, 6) is 1.62. The van der Waals surface area contributed by atoms with Crippen LogP contribution in [0.25, 0.3) is 11.4 Å². The van der Waals surface area contributed by atoms with Gasteiger partial charge in [-0.15, -0.1) is 10.2 Å². The topological polar surface area (TPSA) is 93.2 Å². The molecule has 2 fully saturated rings. The smallest absolute Gasteiger partial charge is 0.267 e. The minimum absolute atomic E-state index is 0.183. The van der Waals surface area contributed by atoms with Gasteiger partial charge >= 0.3 is 0 Å². The molecule has 1 aromatic carbocycles. The lowest BCUT2D eigenvalue weighted by Crippen LogP contribution is -2.35. The second-order valence-corrected chi connectivity index (χ2v) is 9.97. The number of fused-ring (bicyclic) bond motifs is 1. The first-order chi connectivity index (χ1) is 16.5. The van der Waals surface area contributed by atoms with E-state index in [1.165, 1.54) is 6.42 Å². The second-order valence-electron chi connectivity index (χ2n) is 8.91. The van der Waals surface area contributed by atoms with Crippen LogP contribution in [-0.4, -0.2) is 68.5 Å². The number of thioether (sulfide) groups is 1. The summed E-state index contributed by atoms with van der Waals surface area (Å²) in [4.78, 5) is 20.3. The maximum atomic E-state index is 13.3. The molecule has 5 rings (SSSR count). The van der Waals surface area contributed by atoms with Crippen LogP contribution in [0, 0.1) is 11.7 Å². The molecule has 2 saturated heterocycles. The Bertz CT molecular complexity index is 1150. The summed E-state index contributed by atoms with van der Waals surface area (Å²) in [5, 5.41) is 9.48. The molecule has 0 bridgehead atoms. The van der Waals surface area contributed by atoms with Crippen LogP contribution in [0.2, 0.25) is 0 Å². The lowest BCUT2D eigenvalue weighted by molar-refractivity contribution is 0.0995. The fourth-order valence-corrected chi connectivity index (χ4v) is 5.83. The zero-order chi connectivity index (χ0) is 23.7. The lowest BCUT2D eigenvalue weighted by Gasteiger charge is -2.27. The number of nitrogens with two attached hydrogens (primary N) is 1. The third kappa shape index (κ3) is 4.65. The highest BCUT2D eigenvalue weighted by Gasteiger charge is 2.40. The Labute approximate surface area is 202 Å². The van der Waals surface area contributed by atoms with Crippen molar-refractivity contribution in [1.82, 2.24) is 24.6 Å². The molecule has 178 valence electrons. The van der Waals surface area contributed by atoms with Gasteiger partial charge < -0.3 is 20.1 Å². The predicted octanol–water partition coefficient (Wildman–Crippen LogP) is 2.81. The van der Waals surface area contributed by atoms with E-state index in [0.29, 0.717) is 17.8 Å². The summed E-state index contributed by atoms with van der Waals surface area (Å²) in [6.07, 6.45) is 3.86. The van der Waals surface area contributed by atoms with Crippen molar-refractivity contribution in [3.63, 3.8) is 0 Å². The van der Waals surface area contributed by atoms with E-state index < -0.39 is 5.91 Å². The van der Waals surface area contributed by atoms with Gasteiger partial charge in [0.25, 0.3) is 5.91 Å². The number of amides is 1. The normalized spacial score (nSPS) is 20.1. The molecule has 0 aliphatic carbocycles. The van der Waals surface area contributed by atoms with Crippen LogP contribution >= 0.6 is 11.8 Å². The minimum atomic E-state index is -0.550. The van der Waals surface area contributed by atoms with Gasteiger partial charge in [-0.25, -0.2) is 4.39 Å². The fourth-order valence-electron chi connectivity index (χ4n) is 5.00. The Morgan fingerprint density at radius 3 is 2.74 bits per heavy atom. The Kier molecular flexibility index (Phi) is 6.51. The highest BCUT2D eigenvalue weighted by atomic mass is 32.2. The van der Waals surface area contributed by atoms with E-state index in [-0.39, 0.29) is 11.5 Å². The van der Waals surface area contributed by atoms with Crippen LogP contribution in [0.3, 0.4) is 0 Å². The molecule has 10 heteroatoms. The van der Waals surface area contributed by atoms with Crippen molar-refractivity contribution in [2.24, 2.45) is 18.7 Å². The van der Waals surface area contributed by atoms with Gasteiger partial charge in [0.1, 0.15) is 11.5 Å². The fraction of sp³-hybridized carbons (Fsp3) is 0.417. The van der Waals surface area contributed by atoms with E-state index in [1.807, 2.05) is 23.7 Å². The molecule has 34 heavy (non-hydrogen) atoms. The largest absolute Gasteiger partial charge is 0.367 e. The molecule has 2 atom stereocenters. The molecule has 2 aliphatic heterocycles. The summed E-state index contributed by atoms with van der Waals surface area (Å²) in [7, 11) is 1.94. The highest BCUT2D eigenvalue weighted by molar-refractivity contribution is 7.99. The molecular weight excluding hydrogens is 453 g/mol. The van der Waals surface area contributed by atoms with Crippen molar-refractivity contribution < 1.29 is 9.18 Å². The number of rotatable bonds is 8. The van der Waals surface area contributed by atoms with Gasteiger partial charge in [-0.3, -0.25) is 9.78 Å². The number of anilines is 1. The predicted molar refractivity (Wildman–Crippen MR) is 130 cm³/mol. The van der Waals surface area contributed by atoms with Gasteiger partial charge in [0.2, 0.25) is 0 Å². The Hall–Kier alpha value is -2.98. The number of carbonyl (C=O) groups is 1. The molecule has 0 saturated carbocycles. The van der Waals surface area contributed by atoms with Gasteiger partial charge in [0.05, 0.1) is 0 Å². The third-order valence-corrected chi connectivity index (χ3v) is 7.85. The van der Waals surface area contributed by atoms with Gasteiger partial charge in [-0.05, 0) is 61.7 Å². The molecule has 3 aromatic rings. The van der Waals surface area contributed by atoms with Crippen LogP contribution in [0.1, 0.15) is 23.3 Å². The van der Waals surface area contributed by atoms with Crippen LogP contribution in [-0.2, 0) is 7.05 Å². The molecule has 4 heterocycles. The van der Waals surface area contributed by atoms with E-state index in [2.05, 4.69) is 25.0 Å². The summed E-state index contributed by atoms with van der Waals surface area (Å²) < 4.78 is 15.2. The van der Waals surface area contributed by atoms with E-state index in [0.717, 1.165) is 54.8 Å². The summed E-state index contributed by atoms with van der Waals surface area (Å²) in [5.41, 5.74) is 7.41. The zero-order valence-electron chi connectivity index (χ0n) is 19.1. The lowest BCUT2D eigenvalue weighted by atomic mass is 10.1. The van der Waals surface area contributed by atoms with Crippen LogP contribution in [0.5, 0.6) is 0 Å². The van der Waals surface area contributed by atoms with Gasteiger partial charge in [-0.2, -0.15) is 0 Å². The number of likely N-dealkylation sites (tertiary alicyclic amines) is 1. The molecule has 2 aliphatic rings. The van der Waals surface area contributed by atoms with Crippen molar-refractivity contribution in [3.05, 3.63) is 54.1 Å². The van der Waals surface area contributed by atoms with Crippen LogP contribution < -0.4 is 10.6 Å². The standard InChI is InChI=1S/C24H28FN7OS/c1-30-23(16-3-8-20(22(26)33)27-13-16)28-29-24(30)34-12-2-10-31-14-17-9-11-32(21(17)15-31)19-6-4-18(25)5-7-19/h3-8,13,17,21H,2,9-12,14-15H2,1H3,(H2,26,33). The Balaban J connectivity index is 1.11. The van der Waals surface area contributed by atoms with E-state index in [1.54, 1.807) is 42.2 Å². The molecule has 1 amide bonds. The quantitative estimate of drug-likeness (QED) is 0.391. The highest BCUT2D eigenvalue weighted by Crippen LogP contribution is 2.35. The number of hydrogen-bond donors (Lipinski definition) is 1. The van der Waals surface area contributed by atoms with Crippen molar-refractivity contribution in [2.45, 2.75) is 24.0 Å². The maximum absolute atomic E-state index is 13.3. The van der Waals surface area contributed by atoms with E-state index in [9.17, 15) is 9.18 Å². The SMILES string of the molecule is Cn1c(SCCCN2CC3CCN(c4ccc(F)cc4)C3C2)nnc1-c1ccc(C(N)=O)nc1. The third-order valence-electron chi connectivity index (χ3n) is 6.74. The van der Waals surface area contributed by atoms with Crippen LogP contribution in [0.4, 0.5) is 10.1 Å². The number of halogens is 1. The molecule has 0 spiro atoms. The summed E-state index contributed by atoms with van der Waals surface area (Å²) in [6.45, 7) is 4.31. The van der Waals surface area contributed by atoms with Crippen molar-refractivity contribution in [2.75, 3.05) is 36.8 Å². The number of carbonyl (C=O) groups excluding carboxylic acids is 1. The molecule has 0 radical (unpaired) electrons. The summed E-state index contributed by atoms with van der Waals surface area (Å²) >= 11 is 1.70. The van der Waals surface area contributed by atoms with Gasteiger partial charge in [0, 0.05) is 55.9 Å². The molecule has 2 aromatic heterocycles. The average molecular weight is 482 g/mol. The molecular formula is C24H28FN7OS. The molecule has 8 nitrogen and oxygen atoms in total. The van der Waals surface area contributed by atoms with Crippen molar-refractivity contribution >= 4 is 23.4 Å². The maximum Gasteiger partial charge on any atom is 0.267 e. The monoisotopic (exact) mass is 481 g/mol. The minimum Gasteiger partial charge on any atom is -0.367 e. The van der Waals surface area contributed by atoms with Crippen molar-refractivity contribution in [3.8, 4) is 11.4 Å². The molecule has 2 N–H and O–H groups in total. The molecule has 2 unspecified atom stereocenters. The number of pyridine rings is 1. The number of aromatic nitrogens is 4. The Morgan fingerprint density at radius 2 is 2.00 bits per heavy atom. The van der Waals surface area contributed by atoms with E-state index >= 15 is 0 Å². The number of primary amides is 1. The average Bonchev–Trinajstić information content (AvgIpc) is 3.52.